The van der Waals surface area contributed by atoms with Gasteiger partial charge < -0.3 is 10.1 Å². The minimum Gasteiger partial charge on any atom is -0.379 e. The number of pyridine rings is 1. The summed E-state index contributed by atoms with van der Waals surface area (Å²) >= 11 is 0. The van der Waals surface area contributed by atoms with E-state index in [9.17, 15) is 13.2 Å². The number of carbonyl (C=O) groups excluding carboxylic acids is 1. The van der Waals surface area contributed by atoms with Gasteiger partial charge in [0.15, 0.2) is 0 Å². The molecule has 7 nitrogen and oxygen atoms in total. The van der Waals surface area contributed by atoms with Crippen LogP contribution in [0.2, 0.25) is 0 Å². The van der Waals surface area contributed by atoms with E-state index >= 15 is 0 Å². The van der Waals surface area contributed by atoms with Crippen LogP contribution in [0.3, 0.4) is 0 Å². The van der Waals surface area contributed by atoms with Gasteiger partial charge in [0.05, 0.1) is 23.7 Å². The molecule has 0 aliphatic carbocycles. The van der Waals surface area contributed by atoms with E-state index in [4.69, 9.17) is 4.74 Å². The normalized spacial score (nSPS) is 15.7. The molecule has 1 aromatic carbocycles. The van der Waals surface area contributed by atoms with Gasteiger partial charge in [0.25, 0.3) is 5.91 Å². The summed E-state index contributed by atoms with van der Waals surface area (Å²) in [6, 6.07) is 8.03. The van der Waals surface area contributed by atoms with Gasteiger partial charge in [-0.1, -0.05) is 0 Å². The van der Waals surface area contributed by atoms with Gasteiger partial charge in [0.1, 0.15) is 0 Å². The number of hydrogen-bond donors (Lipinski definition) is 1. The van der Waals surface area contributed by atoms with Gasteiger partial charge in [0.2, 0.25) is 10.0 Å². The van der Waals surface area contributed by atoms with Crippen molar-refractivity contribution in [2.24, 2.45) is 0 Å². The zero-order valence-corrected chi connectivity index (χ0v) is 14.6. The molecule has 1 N–H and O–H groups in total. The van der Waals surface area contributed by atoms with Crippen molar-refractivity contribution in [2.75, 3.05) is 31.6 Å². The summed E-state index contributed by atoms with van der Waals surface area (Å²) in [7, 11) is -3.55. The number of rotatable bonds is 4. The fourth-order valence-electron chi connectivity index (χ4n) is 2.56. The summed E-state index contributed by atoms with van der Waals surface area (Å²) in [6.07, 6.45) is 3.06. The Hall–Kier alpha value is -2.29. The Labute approximate surface area is 146 Å². The van der Waals surface area contributed by atoms with Crippen molar-refractivity contribution in [3.63, 3.8) is 0 Å². The molecule has 1 aliphatic rings. The lowest BCUT2D eigenvalue weighted by Gasteiger charge is -2.26. The minimum absolute atomic E-state index is 0.214. The van der Waals surface area contributed by atoms with E-state index in [1.54, 1.807) is 37.4 Å². The molecule has 132 valence electrons. The lowest BCUT2D eigenvalue weighted by atomic mass is 10.2. The third-order valence-electron chi connectivity index (χ3n) is 3.98. The molecule has 2 heterocycles. The highest BCUT2D eigenvalue weighted by molar-refractivity contribution is 7.89. The average Bonchev–Trinajstić information content (AvgIpc) is 2.64. The van der Waals surface area contributed by atoms with Crippen LogP contribution in [-0.2, 0) is 14.8 Å². The summed E-state index contributed by atoms with van der Waals surface area (Å²) in [5, 5.41) is 2.78. The second kappa shape index (κ2) is 7.30. The number of anilines is 1. The first kappa shape index (κ1) is 17.5. The van der Waals surface area contributed by atoms with Crippen LogP contribution in [0.15, 0.2) is 47.6 Å². The Morgan fingerprint density at radius 1 is 1.24 bits per heavy atom. The van der Waals surface area contributed by atoms with Gasteiger partial charge in [-0.2, -0.15) is 4.31 Å². The van der Waals surface area contributed by atoms with Crippen LogP contribution in [0.25, 0.3) is 0 Å². The fraction of sp³-hybridized carbons (Fsp3) is 0.294. The molecule has 2 aromatic rings. The van der Waals surface area contributed by atoms with Gasteiger partial charge in [-0.05, 0) is 42.8 Å². The Kier molecular flexibility index (Phi) is 5.12. The number of nitrogens with zero attached hydrogens (tertiary/aromatic N) is 2. The maximum Gasteiger partial charge on any atom is 0.257 e. The highest BCUT2D eigenvalue weighted by Gasteiger charge is 2.26. The van der Waals surface area contributed by atoms with Crippen LogP contribution in [0.1, 0.15) is 15.9 Å². The average molecular weight is 361 g/mol. The van der Waals surface area contributed by atoms with E-state index in [-0.39, 0.29) is 10.8 Å². The SMILES string of the molecule is Cc1cc(S(=O)(=O)N2CCOCC2)ccc1NC(=O)c1cccnc1. The maximum absolute atomic E-state index is 12.7. The first-order valence-electron chi connectivity index (χ1n) is 7.88. The number of amides is 1. The molecule has 1 aliphatic heterocycles. The largest absolute Gasteiger partial charge is 0.379 e. The second-order valence-electron chi connectivity index (χ2n) is 5.69. The van der Waals surface area contributed by atoms with Crippen molar-refractivity contribution in [2.45, 2.75) is 11.8 Å². The molecular weight excluding hydrogens is 342 g/mol. The highest BCUT2D eigenvalue weighted by Crippen LogP contribution is 2.23. The molecule has 0 atom stereocenters. The van der Waals surface area contributed by atoms with Crippen molar-refractivity contribution >= 4 is 21.6 Å². The highest BCUT2D eigenvalue weighted by atomic mass is 32.2. The first-order chi connectivity index (χ1) is 12.0. The quantitative estimate of drug-likeness (QED) is 0.895. The number of nitrogens with one attached hydrogen (secondary N) is 1. The third kappa shape index (κ3) is 3.87. The van der Waals surface area contributed by atoms with E-state index in [1.165, 1.54) is 16.6 Å². The number of aryl methyl sites for hydroxylation is 1. The Bertz CT molecular complexity index is 863. The molecule has 1 aromatic heterocycles. The van der Waals surface area contributed by atoms with Crippen molar-refractivity contribution in [1.82, 2.24) is 9.29 Å². The molecule has 0 saturated carbocycles. The minimum atomic E-state index is -3.55. The van der Waals surface area contributed by atoms with Gasteiger partial charge in [-0.3, -0.25) is 9.78 Å². The summed E-state index contributed by atoms with van der Waals surface area (Å²) < 4.78 is 32.0. The van der Waals surface area contributed by atoms with Crippen LogP contribution in [0.5, 0.6) is 0 Å². The fourth-order valence-corrected chi connectivity index (χ4v) is 4.06. The van der Waals surface area contributed by atoms with Crippen molar-refractivity contribution < 1.29 is 17.9 Å². The Morgan fingerprint density at radius 3 is 2.64 bits per heavy atom. The first-order valence-corrected chi connectivity index (χ1v) is 9.32. The van der Waals surface area contributed by atoms with Gasteiger partial charge in [-0.25, -0.2) is 8.42 Å². The standard InChI is InChI=1S/C17H19N3O4S/c1-13-11-15(25(22,23)20-7-9-24-10-8-20)4-5-16(13)19-17(21)14-3-2-6-18-12-14/h2-6,11-12H,7-10H2,1H3,(H,19,21). The van der Waals surface area contributed by atoms with Crippen molar-refractivity contribution in [1.29, 1.82) is 0 Å². The molecule has 8 heteroatoms. The van der Waals surface area contributed by atoms with E-state index in [1.807, 2.05) is 0 Å². The predicted octanol–water partition coefficient (Wildman–Crippen LogP) is 1.66. The number of sulfonamides is 1. The van der Waals surface area contributed by atoms with Crippen molar-refractivity contribution in [3.8, 4) is 0 Å². The molecule has 1 saturated heterocycles. The molecule has 1 fully saturated rings. The zero-order chi connectivity index (χ0) is 17.9. The smallest absolute Gasteiger partial charge is 0.257 e. The lowest BCUT2D eigenvalue weighted by Crippen LogP contribution is -2.40. The van der Waals surface area contributed by atoms with Gasteiger partial charge >= 0.3 is 0 Å². The van der Waals surface area contributed by atoms with E-state index in [2.05, 4.69) is 10.3 Å². The molecule has 0 bridgehead atoms. The number of ether oxygens (including phenoxy) is 1. The summed E-state index contributed by atoms with van der Waals surface area (Å²) in [5.74, 6) is -0.292. The summed E-state index contributed by atoms with van der Waals surface area (Å²) in [5.41, 5.74) is 1.67. The summed E-state index contributed by atoms with van der Waals surface area (Å²) in [4.78, 5) is 16.3. The summed E-state index contributed by atoms with van der Waals surface area (Å²) in [6.45, 7) is 3.26. The maximum atomic E-state index is 12.7. The molecular formula is C17H19N3O4S. The van der Waals surface area contributed by atoms with E-state index < -0.39 is 10.0 Å². The Balaban J connectivity index is 1.80. The topological polar surface area (TPSA) is 88.6 Å². The molecule has 0 radical (unpaired) electrons. The molecule has 0 unspecified atom stereocenters. The molecule has 25 heavy (non-hydrogen) atoms. The molecule has 0 spiro atoms. The number of morpholine rings is 1. The monoisotopic (exact) mass is 361 g/mol. The number of carbonyl (C=O) groups is 1. The second-order valence-corrected chi connectivity index (χ2v) is 7.63. The van der Waals surface area contributed by atoms with Crippen LogP contribution in [-0.4, -0.2) is 49.9 Å². The van der Waals surface area contributed by atoms with Gasteiger partial charge in [-0.15, -0.1) is 0 Å². The lowest BCUT2D eigenvalue weighted by molar-refractivity contribution is 0.0730. The van der Waals surface area contributed by atoms with E-state index in [0.29, 0.717) is 43.1 Å². The zero-order valence-electron chi connectivity index (χ0n) is 13.8. The van der Waals surface area contributed by atoms with Gasteiger partial charge in [0, 0.05) is 31.2 Å². The number of hydrogen-bond acceptors (Lipinski definition) is 5. The number of aromatic nitrogens is 1. The van der Waals surface area contributed by atoms with Crippen LogP contribution in [0, 0.1) is 6.92 Å². The van der Waals surface area contributed by atoms with Crippen LogP contribution >= 0.6 is 0 Å². The van der Waals surface area contributed by atoms with Crippen LogP contribution < -0.4 is 5.32 Å². The van der Waals surface area contributed by atoms with Crippen molar-refractivity contribution in [3.05, 3.63) is 53.9 Å². The third-order valence-corrected chi connectivity index (χ3v) is 5.87. The van der Waals surface area contributed by atoms with E-state index in [0.717, 1.165) is 0 Å². The predicted molar refractivity (Wildman–Crippen MR) is 92.9 cm³/mol. The molecule has 3 rings (SSSR count). The van der Waals surface area contributed by atoms with Crippen LogP contribution in [0.4, 0.5) is 5.69 Å². The Morgan fingerprint density at radius 2 is 2.00 bits per heavy atom. The number of benzene rings is 1. The molecule has 1 amide bonds.